The largest absolute Gasteiger partial charge is 0.311 e. The summed E-state index contributed by atoms with van der Waals surface area (Å²) in [6.45, 7) is -0.0508. The minimum atomic E-state index is -0.804. The quantitative estimate of drug-likeness (QED) is 0.147. The van der Waals surface area contributed by atoms with Gasteiger partial charge in [0.05, 0.1) is 50.9 Å². The Kier molecular flexibility index (Phi) is 12.4. The van der Waals surface area contributed by atoms with Gasteiger partial charge in [-0.1, -0.05) is 270 Å². The van der Waals surface area contributed by atoms with Crippen LogP contribution in [0.15, 0.2) is 368 Å². The van der Waals surface area contributed by atoms with Crippen LogP contribution in [0.25, 0.3) is 22.3 Å². The summed E-state index contributed by atoms with van der Waals surface area (Å²) in [5.41, 5.74) is 33.9. The maximum atomic E-state index is 2.61. The fraction of sp³-hybridized carbons (Fsp3) is 0.0110. The van der Waals surface area contributed by atoms with Crippen LogP contribution in [0.2, 0.25) is 0 Å². The van der Waals surface area contributed by atoms with Crippen molar-refractivity contribution in [3.8, 4) is 22.3 Å². The third-order valence-corrected chi connectivity index (χ3v) is 22.8. The van der Waals surface area contributed by atoms with Crippen LogP contribution in [0.4, 0.5) is 85.3 Å². The second-order valence-corrected chi connectivity index (χ2v) is 27.6. The Bertz CT molecular complexity index is 5700. The van der Waals surface area contributed by atoms with E-state index in [9.17, 15) is 0 Å². The van der Waals surface area contributed by atoms with Crippen molar-refractivity contribution in [1.82, 2.24) is 0 Å². The molecule has 1 unspecified atom stereocenters. The predicted molar refractivity (Wildman–Crippen MR) is 416 cm³/mol. The van der Waals surface area contributed by atoms with E-state index in [1.807, 2.05) is 11.8 Å². The first-order valence-corrected chi connectivity index (χ1v) is 35.1. The summed E-state index contributed by atoms with van der Waals surface area (Å²) in [6, 6.07) is 134. The molecule has 460 valence electrons. The summed E-state index contributed by atoms with van der Waals surface area (Å²) in [7, 11) is 0. The van der Waals surface area contributed by atoms with Gasteiger partial charge in [-0.3, -0.25) is 0 Å². The van der Waals surface area contributed by atoms with Crippen molar-refractivity contribution in [3.63, 3.8) is 0 Å². The van der Waals surface area contributed by atoms with Gasteiger partial charge in [-0.25, -0.2) is 0 Å². The smallest absolute Gasteiger partial charge is 0.246 e. The van der Waals surface area contributed by atoms with E-state index in [1.165, 1.54) is 98.5 Å². The molecule has 0 saturated carbocycles. The number of nitrogens with zero attached hydrogens (tertiary/aromatic N) is 5. The zero-order valence-corrected chi connectivity index (χ0v) is 54.7. The molecule has 0 bridgehead atoms. The number of para-hydroxylation sites is 12. The van der Waals surface area contributed by atoms with Gasteiger partial charge in [-0.15, -0.1) is 0 Å². The Hall–Kier alpha value is -12.2. The first kappa shape index (κ1) is 56.0. The highest BCUT2D eigenvalue weighted by atomic mass is 32.2. The highest BCUT2D eigenvalue weighted by molar-refractivity contribution is 8.00. The van der Waals surface area contributed by atoms with E-state index in [0.29, 0.717) is 0 Å². The van der Waals surface area contributed by atoms with Gasteiger partial charge in [0.2, 0.25) is 13.4 Å². The molecule has 1 atom stereocenters. The molecule has 99 heavy (non-hydrogen) atoms. The number of rotatable bonds is 7. The highest BCUT2D eigenvalue weighted by Gasteiger charge is 2.56. The van der Waals surface area contributed by atoms with Crippen molar-refractivity contribution in [3.05, 3.63) is 380 Å². The molecule has 15 aromatic rings. The average molecular weight is 1280 g/mol. The molecule has 0 radical (unpaired) electrons. The van der Waals surface area contributed by atoms with Crippen molar-refractivity contribution >= 4 is 143 Å². The van der Waals surface area contributed by atoms with Crippen LogP contribution >= 0.6 is 11.8 Å². The minimum absolute atomic E-state index is 0.0113. The molecule has 2 aliphatic carbocycles. The Morgan fingerprint density at radius 2 is 0.566 bits per heavy atom. The summed E-state index contributed by atoms with van der Waals surface area (Å²) < 4.78 is 0. The minimum Gasteiger partial charge on any atom is -0.311 e. The summed E-state index contributed by atoms with van der Waals surface area (Å²) in [5.74, 6) is 0. The van der Waals surface area contributed by atoms with Crippen LogP contribution in [-0.4, -0.2) is 13.4 Å². The van der Waals surface area contributed by atoms with Crippen LogP contribution < -0.4 is 57.3 Å². The van der Waals surface area contributed by atoms with E-state index in [1.54, 1.807) is 0 Å². The number of fused-ring (bicyclic) bond motifs is 20. The Balaban J connectivity index is 0.880. The highest BCUT2D eigenvalue weighted by Crippen LogP contribution is 2.68. The SMILES string of the molecule is c1ccc(B2c3ccccc3Sc3c2ccc2c3-c3cc(N4c5ccccc5N(c5ccccc5)c5ccccc54)ccc3C23c2ccc(N4c5ccccc5N(c5ccccc5)c5ccccc54)cc2-c2c3ccc3c2N(c2ccccc2)c2ccccc2B3c2ccccc2)cc1. The van der Waals surface area contributed by atoms with Crippen LogP contribution in [0.5, 0.6) is 0 Å². The van der Waals surface area contributed by atoms with Crippen molar-refractivity contribution in [1.29, 1.82) is 0 Å². The molecule has 0 aromatic heterocycles. The second kappa shape index (κ2) is 21.9. The van der Waals surface area contributed by atoms with Crippen molar-refractivity contribution in [2.75, 3.05) is 24.5 Å². The maximum Gasteiger partial charge on any atom is 0.246 e. The molecule has 0 saturated heterocycles. The fourth-order valence-electron chi connectivity index (χ4n) is 17.8. The van der Waals surface area contributed by atoms with Gasteiger partial charge in [0, 0.05) is 60.7 Å². The van der Waals surface area contributed by atoms with E-state index < -0.39 is 5.41 Å². The zero-order valence-electron chi connectivity index (χ0n) is 53.9. The first-order chi connectivity index (χ1) is 49.2. The predicted octanol–water partition coefficient (Wildman–Crippen LogP) is 19.8. The molecule has 21 rings (SSSR count). The number of hydrogen-bond acceptors (Lipinski definition) is 6. The molecule has 6 aliphatic rings. The fourth-order valence-corrected chi connectivity index (χ4v) is 19.1. The van der Waals surface area contributed by atoms with E-state index in [0.717, 1.165) is 73.9 Å². The van der Waals surface area contributed by atoms with Gasteiger partial charge in [-0.2, -0.15) is 0 Å². The van der Waals surface area contributed by atoms with Crippen LogP contribution in [0, 0.1) is 0 Å². The van der Waals surface area contributed by atoms with Crippen LogP contribution in [0.1, 0.15) is 22.3 Å². The third kappa shape index (κ3) is 8.03. The van der Waals surface area contributed by atoms with Crippen LogP contribution in [0.3, 0.4) is 0 Å². The monoisotopic (exact) mass is 1280 g/mol. The molecule has 0 amide bonds. The number of hydrogen-bond donors (Lipinski definition) is 0. The summed E-state index contributed by atoms with van der Waals surface area (Å²) in [6.07, 6.45) is 0. The summed E-state index contributed by atoms with van der Waals surface area (Å²) in [4.78, 5) is 15.1. The molecule has 8 heteroatoms. The first-order valence-electron chi connectivity index (χ1n) is 34.3. The number of benzene rings is 15. The van der Waals surface area contributed by atoms with Gasteiger partial charge in [0.25, 0.3) is 0 Å². The third-order valence-electron chi connectivity index (χ3n) is 21.6. The molecule has 15 aromatic carbocycles. The van der Waals surface area contributed by atoms with Gasteiger partial charge >= 0.3 is 0 Å². The Labute approximate surface area is 581 Å². The molecule has 4 heterocycles. The van der Waals surface area contributed by atoms with Crippen LogP contribution in [-0.2, 0) is 5.41 Å². The molecule has 5 nitrogen and oxygen atoms in total. The van der Waals surface area contributed by atoms with Gasteiger partial charge in [0.15, 0.2) is 0 Å². The van der Waals surface area contributed by atoms with Crippen molar-refractivity contribution in [2.24, 2.45) is 0 Å². The lowest BCUT2D eigenvalue weighted by Gasteiger charge is -2.40. The van der Waals surface area contributed by atoms with E-state index in [-0.39, 0.29) is 13.4 Å². The molecule has 4 aliphatic heterocycles. The second-order valence-electron chi connectivity index (χ2n) is 26.6. The topological polar surface area (TPSA) is 16.2 Å². The van der Waals surface area contributed by atoms with E-state index in [2.05, 4.69) is 382 Å². The van der Waals surface area contributed by atoms with Gasteiger partial charge in [-0.05, 0) is 166 Å². The lowest BCUT2D eigenvalue weighted by Crippen LogP contribution is -2.57. The van der Waals surface area contributed by atoms with E-state index in [4.69, 9.17) is 0 Å². The lowest BCUT2D eigenvalue weighted by molar-refractivity contribution is 0.793. The standard InChI is InChI=1S/C91H59B2N5S/c1-6-28-60(29-7-1)92-73-38-16-18-40-77(73)98(64-36-14-5-15-37-64)89-75(92)56-54-71-87(89)67-58-65(96-82-45-23-19-41-78(82)94(62-32-10-3-11-33-62)79-42-20-24-46-83(79)96)50-52-69(67)91(71)70-53-51-66(97-84-47-25-21-43-80(84)95(63-34-12-4-13-35-63)81-44-22-26-48-85(81)97)59-68(70)88-72(91)55-57-76-90(88)99-86-49-27-17-39-74(86)93(76)61-30-8-2-9-31-61/h1-59H. The number of anilines is 15. The molecule has 1 spiro atoms. The Morgan fingerprint density at radius 3 is 1.03 bits per heavy atom. The van der Waals surface area contributed by atoms with Crippen molar-refractivity contribution < 1.29 is 0 Å². The van der Waals surface area contributed by atoms with Crippen molar-refractivity contribution in [2.45, 2.75) is 15.2 Å². The maximum absolute atomic E-state index is 2.61. The zero-order chi connectivity index (χ0) is 64.9. The average Bonchev–Trinajstić information content (AvgIpc) is 1.49. The molecular weight excluding hydrogens is 1220 g/mol. The summed E-state index contributed by atoms with van der Waals surface area (Å²) in [5, 5.41) is 0. The molecule has 0 fully saturated rings. The summed E-state index contributed by atoms with van der Waals surface area (Å²) >= 11 is 1.95. The Morgan fingerprint density at radius 1 is 0.232 bits per heavy atom. The molecular formula is C91H59B2N5S. The molecule has 0 N–H and O–H groups in total. The lowest BCUT2D eigenvalue weighted by atomic mass is 9.35. The normalized spacial score (nSPS) is 15.1. The van der Waals surface area contributed by atoms with E-state index >= 15 is 0 Å². The van der Waals surface area contributed by atoms with Gasteiger partial charge in [0.1, 0.15) is 0 Å². The van der Waals surface area contributed by atoms with Gasteiger partial charge < -0.3 is 24.5 Å².